The molecule has 10 nitrogen and oxygen atoms in total. The van der Waals surface area contributed by atoms with Crippen molar-refractivity contribution in [2.24, 2.45) is 0 Å². The van der Waals surface area contributed by atoms with Gasteiger partial charge >= 0.3 is 0 Å². The Morgan fingerprint density at radius 3 is 1.68 bits per heavy atom. The molecule has 0 unspecified atom stereocenters. The Bertz CT molecular complexity index is 4510. The van der Waals surface area contributed by atoms with Gasteiger partial charge in [0.15, 0.2) is 0 Å². The van der Waals surface area contributed by atoms with Crippen molar-refractivity contribution in [3.8, 4) is 0 Å². The van der Waals surface area contributed by atoms with Crippen LogP contribution in [0.25, 0.3) is 82.1 Å². The fourth-order valence-corrected chi connectivity index (χ4v) is 9.45. The predicted molar refractivity (Wildman–Crippen MR) is 296 cm³/mol. The third kappa shape index (κ3) is 12.1. The van der Waals surface area contributed by atoms with Crippen molar-refractivity contribution in [3.63, 3.8) is 0 Å². The van der Waals surface area contributed by atoms with Crippen LogP contribution in [0.4, 0.5) is 0 Å². The third-order valence-corrected chi connectivity index (χ3v) is 13.5. The van der Waals surface area contributed by atoms with E-state index in [0.29, 0.717) is 0 Å². The van der Waals surface area contributed by atoms with Gasteiger partial charge in [-0.15, -0.1) is 174 Å². The van der Waals surface area contributed by atoms with Crippen LogP contribution in [-0.4, -0.2) is 46.9 Å². The summed E-state index contributed by atoms with van der Waals surface area (Å²) in [6.45, 7) is 16.6. The normalized spacial score (nSPS) is 10.6. The van der Waals surface area contributed by atoms with Crippen LogP contribution in [0.1, 0.15) is 45.2 Å². The summed E-state index contributed by atoms with van der Waals surface area (Å²) in [6, 6.07) is 51.3. The van der Waals surface area contributed by atoms with E-state index in [-0.39, 0.29) is 101 Å². The second-order valence-corrected chi connectivity index (χ2v) is 18.4. The molecule has 0 bridgehead atoms. The van der Waals surface area contributed by atoms with Gasteiger partial charge in [-0.1, -0.05) is 43.7 Å². The van der Waals surface area contributed by atoms with Crippen LogP contribution in [0, 0.1) is 85.7 Å². The summed E-state index contributed by atoms with van der Waals surface area (Å²) in [5.41, 5.74) is 14.4. The van der Waals surface area contributed by atoms with Crippen LogP contribution in [0.5, 0.6) is 0 Å². The first-order chi connectivity index (χ1) is 35.5. The molecule has 10 heterocycles. The molecule has 403 valence electrons. The number of rotatable bonds is 0. The summed E-state index contributed by atoms with van der Waals surface area (Å²) < 4.78 is 10.4. The zero-order valence-electron chi connectivity index (χ0n) is 43.7. The van der Waals surface area contributed by atoms with Gasteiger partial charge in [0.05, 0.1) is 28.2 Å². The Hall–Kier alpha value is -5.90. The zero-order valence-corrected chi connectivity index (χ0v) is 55.7. The third-order valence-electron chi connectivity index (χ3n) is 13.5. The molecule has 0 saturated heterocycles. The summed E-state index contributed by atoms with van der Waals surface area (Å²) in [5.74, 6) is 0. The van der Waals surface area contributed by atoms with E-state index >= 15 is 0 Å². The Kier molecular flexibility index (Phi) is 20.7. The first-order valence-corrected chi connectivity index (χ1v) is 24.2. The number of aryl methyl sites for hydroxylation is 8. The van der Waals surface area contributed by atoms with Crippen LogP contribution in [-0.2, 0) is 101 Å². The number of pyridine rings is 5. The van der Waals surface area contributed by atoms with Crippen molar-refractivity contribution >= 4 is 82.1 Å². The summed E-state index contributed by atoms with van der Waals surface area (Å²) in [5, 5.41) is 11.5. The van der Waals surface area contributed by atoms with Crippen molar-refractivity contribution in [3.05, 3.63) is 241 Å². The van der Waals surface area contributed by atoms with Crippen LogP contribution in [0.2, 0.25) is 0 Å². The Morgan fingerprint density at radius 1 is 0.423 bits per heavy atom. The Morgan fingerprint density at radius 2 is 0.962 bits per heavy atom. The molecule has 0 saturated carbocycles. The second kappa shape index (κ2) is 26.4. The molecule has 0 aliphatic rings. The number of aromatic nitrogens is 10. The van der Waals surface area contributed by atoms with Crippen LogP contribution >= 0.6 is 0 Å². The van der Waals surface area contributed by atoms with Crippen molar-refractivity contribution in [2.45, 2.75) is 55.4 Å². The van der Waals surface area contributed by atoms with Crippen LogP contribution in [0.15, 0.2) is 165 Å². The molecule has 0 spiro atoms. The molecule has 0 amide bonds. The number of benzene rings is 5. The first-order valence-electron chi connectivity index (χ1n) is 24.2. The van der Waals surface area contributed by atoms with E-state index in [0.717, 1.165) is 72.1 Å². The summed E-state index contributed by atoms with van der Waals surface area (Å²) in [4.78, 5) is 22.1. The van der Waals surface area contributed by atoms with E-state index in [2.05, 4.69) is 176 Å². The quantitative estimate of drug-likeness (QED) is 0.141. The molecular weight excluding hydrogens is 1860 g/mol. The smallest absolute Gasteiger partial charge is 0.0609 e. The molecule has 15 aromatic rings. The molecule has 0 N–H and O–H groups in total. The van der Waals surface area contributed by atoms with Gasteiger partial charge in [0.2, 0.25) is 0 Å². The van der Waals surface area contributed by atoms with Gasteiger partial charge in [0.1, 0.15) is 0 Å². The van der Waals surface area contributed by atoms with Gasteiger partial charge in [-0.2, -0.15) is 0 Å². The monoisotopic (exact) mass is 1910 g/mol. The molecule has 0 aliphatic carbocycles. The number of hydrogen-bond acceptors (Lipinski definition) is 5. The van der Waals surface area contributed by atoms with E-state index in [9.17, 15) is 0 Å². The Balaban J connectivity index is 0.000000155. The van der Waals surface area contributed by atoms with Gasteiger partial charge in [-0.25, -0.2) is 0 Å². The second-order valence-electron chi connectivity index (χ2n) is 18.4. The standard InChI is InChI=1S/3C13H11N2.2C12H9N2.5Ir/c1-9-8-15-10(2)7-11-5-3-4-6-12(11)13(15)14-9;1-9-10(2)15-8-7-14-13(15)12-6-4-3-5-11(9)12;1-9-10(2)15-8-7-11-5-3-4-6-12(11)13(15)14-9;1-9-2-3-11-10(8-9)4-6-14-7-5-13-12(11)14;1-9-2-3-10-4-6-14-7-5-13-12(14)11(10)8-9;;;;;/h3*3-5,7-8H,1-2H3;2,4-8H,1H3;2-7H,1H3;;;;;/q5*-1;;;;;. The van der Waals surface area contributed by atoms with Gasteiger partial charge in [0, 0.05) is 172 Å². The van der Waals surface area contributed by atoms with Crippen molar-refractivity contribution in [1.82, 2.24) is 46.9 Å². The van der Waals surface area contributed by atoms with Crippen LogP contribution < -0.4 is 0 Å². The topological polar surface area (TPSA) is 86.5 Å². The molecule has 15 rings (SSSR count). The van der Waals surface area contributed by atoms with Crippen molar-refractivity contribution < 1.29 is 101 Å². The summed E-state index contributed by atoms with van der Waals surface area (Å²) in [7, 11) is 0. The fraction of sp³-hybridized carbons (Fsp3) is 0.127. The first kappa shape index (κ1) is 61.3. The maximum Gasteiger partial charge on any atom is 0.0609 e. The van der Waals surface area contributed by atoms with Gasteiger partial charge in [0.25, 0.3) is 0 Å². The number of nitrogens with zero attached hydrogens (tertiary/aromatic N) is 10. The van der Waals surface area contributed by atoms with E-state index in [1.165, 1.54) is 55.1 Å². The molecule has 10 aromatic heterocycles. The SMILES string of the molecule is Cc1[c-]c2c(cc1)ccn1ccnc21.Cc1c(C)n2ccnc2c2[c-]cccc12.Cc1c[c-]c2c(ccn3ccnc23)c1.Cc1cn2c(C)cc3ccc[c-]c3c2n1.Cc1nc2c3[c-]cccc3ccn2c1C.[Ir].[Ir].[Ir].[Ir].[Ir]. The molecular formula is C63H51Ir5N10-5. The molecule has 78 heavy (non-hydrogen) atoms. The largest absolute Gasteiger partial charge is 0.347 e. The summed E-state index contributed by atoms with van der Waals surface area (Å²) in [6.07, 6.45) is 19.5. The van der Waals surface area contributed by atoms with Crippen LogP contribution in [0.3, 0.4) is 0 Å². The number of fused-ring (bicyclic) bond motifs is 15. The minimum atomic E-state index is 0. The van der Waals surface area contributed by atoms with Crippen molar-refractivity contribution in [1.29, 1.82) is 0 Å². The molecule has 0 atom stereocenters. The van der Waals surface area contributed by atoms with Gasteiger partial charge in [-0.05, 0) is 60.1 Å². The van der Waals surface area contributed by atoms with Gasteiger partial charge < -0.3 is 22.0 Å². The van der Waals surface area contributed by atoms with E-state index in [1.54, 1.807) is 0 Å². The molecule has 15 heteroatoms. The minimum absolute atomic E-state index is 0. The van der Waals surface area contributed by atoms with E-state index in [1.807, 2.05) is 122 Å². The molecule has 0 fully saturated rings. The average Bonchev–Trinajstić information content (AvgIpc) is 4.33. The summed E-state index contributed by atoms with van der Waals surface area (Å²) >= 11 is 0. The van der Waals surface area contributed by atoms with E-state index in [4.69, 9.17) is 0 Å². The van der Waals surface area contributed by atoms with Gasteiger partial charge in [-0.3, -0.25) is 24.9 Å². The van der Waals surface area contributed by atoms with Crippen molar-refractivity contribution in [2.75, 3.05) is 0 Å². The predicted octanol–water partition coefficient (Wildman–Crippen LogP) is 13.9. The minimum Gasteiger partial charge on any atom is -0.347 e. The average molecular weight is 1910 g/mol. The fourth-order valence-electron chi connectivity index (χ4n) is 9.45. The Labute approximate surface area is 520 Å². The van der Waals surface area contributed by atoms with E-state index < -0.39 is 0 Å². The number of imidazole rings is 5. The molecule has 5 radical (unpaired) electrons. The number of hydrogen-bond donors (Lipinski definition) is 0. The maximum absolute atomic E-state index is 4.57. The zero-order chi connectivity index (χ0) is 50.3. The molecule has 5 aromatic carbocycles. The maximum atomic E-state index is 4.57. The molecule has 0 aliphatic heterocycles.